The van der Waals surface area contributed by atoms with E-state index in [-0.39, 0.29) is 29.9 Å². The van der Waals surface area contributed by atoms with Gasteiger partial charge in [0.25, 0.3) is 0 Å². The lowest BCUT2D eigenvalue weighted by Crippen LogP contribution is -2.34. The summed E-state index contributed by atoms with van der Waals surface area (Å²) in [5.41, 5.74) is 5.62. The molecule has 114 valence electrons. The van der Waals surface area contributed by atoms with Crippen LogP contribution >= 0.6 is 24.0 Å². The van der Waals surface area contributed by atoms with E-state index in [1.165, 1.54) is 4.90 Å². The minimum Gasteiger partial charge on any atom is -0.370 e. The van der Waals surface area contributed by atoms with Crippen LogP contribution in [0.1, 0.15) is 19.8 Å². The molecule has 3 N–H and O–H groups in total. The average molecular weight is 394 g/mol. The Morgan fingerprint density at radius 1 is 1.47 bits per heavy atom. The van der Waals surface area contributed by atoms with E-state index in [1.807, 2.05) is 6.92 Å². The molecule has 0 radical (unpaired) electrons. The number of alkyl halides is 3. The first-order valence-corrected chi connectivity index (χ1v) is 6.23. The molecule has 0 bridgehead atoms. The van der Waals surface area contributed by atoms with E-state index in [0.717, 1.165) is 19.4 Å². The SMILES string of the molecule is CCCNC(N)=NCC1CCN(CC(F)(F)F)C1.I. The predicted molar refractivity (Wildman–Crippen MR) is 80.8 cm³/mol. The Balaban J connectivity index is 0.00000324. The van der Waals surface area contributed by atoms with Crippen LogP contribution < -0.4 is 11.1 Å². The number of halogens is 4. The third-order valence-corrected chi connectivity index (χ3v) is 2.85. The molecule has 1 saturated heterocycles. The maximum absolute atomic E-state index is 12.2. The van der Waals surface area contributed by atoms with Crippen LogP contribution in [0.3, 0.4) is 0 Å². The van der Waals surface area contributed by atoms with Crippen molar-refractivity contribution in [2.24, 2.45) is 16.6 Å². The lowest BCUT2D eigenvalue weighted by Gasteiger charge is -2.17. The second-order valence-corrected chi connectivity index (χ2v) is 4.66. The number of nitrogens with zero attached hydrogens (tertiary/aromatic N) is 2. The maximum atomic E-state index is 12.2. The summed E-state index contributed by atoms with van der Waals surface area (Å²) in [6.07, 6.45) is -2.40. The van der Waals surface area contributed by atoms with Gasteiger partial charge in [-0.05, 0) is 25.3 Å². The van der Waals surface area contributed by atoms with E-state index < -0.39 is 12.7 Å². The fraction of sp³-hybridized carbons (Fsp3) is 0.909. The van der Waals surface area contributed by atoms with Gasteiger partial charge in [0.05, 0.1) is 6.54 Å². The summed E-state index contributed by atoms with van der Waals surface area (Å²) in [6.45, 7) is 3.40. The van der Waals surface area contributed by atoms with Crippen LogP contribution in [0.4, 0.5) is 13.2 Å². The van der Waals surface area contributed by atoms with E-state index in [4.69, 9.17) is 5.73 Å². The zero-order chi connectivity index (χ0) is 13.6. The van der Waals surface area contributed by atoms with E-state index >= 15 is 0 Å². The number of hydrogen-bond acceptors (Lipinski definition) is 2. The van der Waals surface area contributed by atoms with Crippen molar-refractivity contribution in [1.82, 2.24) is 10.2 Å². The summed E-state index contributed by atoms with van der Waals surface area (Å²) >= 11 is 0. The molecule has 0 spiro atoms. The maximum Gasteiger partial charge on any atom is 0.401 e. The number of hydrogen-bond donors (Lipinski definition) is 2. The Labute approximate surface area is 129 Å². The average Bonchev–Trinajstić information content (AvgIpc) is 2.68. The minimum atomic E-state index is -4.11. The first kappa shape index (κ1) is 18.8. The van der Waals surface area contributed by atoms with Gasteiger partial charge < -0.3 is 11.1 Å². The fourth-order valence-electron chi connectivity index (χ4n) is 2.00. The summed E-state index contributed by atoms with van der Waals surface area (Å²) in [5.74, 6) is 0.556. The standard InChI is InChI=1S/C11H21F3N4.HI/c1-2-4-16-10(15)17-6-9-3-5-18(7-9)8-11(12,13)14;/h9H,2-8H2,1H3,(H3,15,16,17);1H. The molecule has 1 unspecified atom stereocenters. The Morgan fingerprint density at radius 2 is 2.16 bits per heavy atom. The van der Waals surface area contributed by atoms with E-state index in [1.54, 1.807) is 0 Å². The Bertz CT molecular complexity index is 284. The normalized spacial score (nSPS) is 21.3. The molecule has 0 aromatic carbocycles. The van der Waals surface area contributed by atoms with Gasteiger partial charge in [-0.3, -0.25) is 9.89 Å². The highest BCUT2D eigenvalue weighted by molar-refractivity contribution is 14.0. The van der Waals surface area contributed by atoms with Gasteiger partial charge in [-0.2, -0.15) is 13.2 Å². The molecule has 0 aromatic rings. The highest BCUT2D eigenvalue weighted by Crippen LogP contribution is 2.22. The van der Waals surface area contributed by atoms with Crippen LogP contribution in [-0.2, 0) is 0 Å². The highest BCUT2D eigenvalue weighted by Gasteiger charge is 2.34. The van der Waals surface area contributed by atoms with Crippen LogP contribution in [0.15, 0.2) is 4.99 Å². The predicted octanol–water partition coefficient (Wildman–Crippen LogP) is 1.80. The Morgan fingerprint density at radius 3 is 2.74 bits per heavy atom. The van der Waals surface area contributed by atoms with Crippen LogP contribution in [0.5, 0.6) is 0 Å². The lowest BCUT2D eigenvalue weighted by atomic mass is 10.1. The van der Waals surface area contributed by atoms with Crippen LogP contribution in [0.25, 0.3) is 0 Å². The van der Waals surface area contributed by atoms with Gasteiger partial charge in [0.15, 0.2) is 5.96 Å². The first-order chi connectivity index (χ1) is 8.40. The van der Waals surface area contributed by atoms with Gasteiger partial charge in [-0.1, -0.05) is 6.92 Å². The van der Waals surface area contributed by atoms with Crippen LogP contribution in [0.2, 0.25) is 0 Å². The number of likely N-dealkylation sites (tertiary alicyclic amines) is 1. The smallest absolute Gasteiger partial charge is 0.370 e. The van der Waals surface area contributed by atoms with Gasteiger partial charge >= 0.3 is 6.18 Å². The van der Waals surface area contributed by atoms with Gasteiger partial charge in [0, 0.05) is 19.6 Å². The number of nitrogens with one attached hydrogen (secondary N) is 1. The zero-order valence-corrected chi connectivity index (χ0v) is 13.4. The van der Waals surface area contributed by atoms with E-state index in [9.17, 15) is 13.2 Å². The molecule has 1 fully saturated rings. The monoisotopic (exact) mass is 394 g/mol. The molecule has 1 atom stereocenters. The van der Waals surface area contributed by atoms with Gasteiger partial charge in [0.2, 0.25) is 0 Å². The first-order valence-electron chi connectivity index (χ1n) is 6.23. The van der Waals surface area contributed by atoms with Crippen LogP contribution in [0, 0.1) is 5.92 Å². The quantitative estimate of drug-likeness (QED) is 0.425. The second-order valence-electron chi connectivity index (χ2n) is 4.66. The molecule has 4 nitrogen and oxygen atoms in total. The van der Waals surface area contributed by atoms with Crippen molar-refractivity contribution >= 4 is 29.9 Å². The summed E-state index contributed by atoms with van der Waals surface area (Å²) in [5, 5.41) is 2.94. The summed E-state index contributed by atoms with van der Waals surface area (Å²) in [7, 11) is 0. The van der Waals surface area contributed by atoms with Crippen molar-refractivity contribution in [3.8, 4) is 0 Å². The molecule has 1 heterocycles. The third kappa shape index (κ3) is 8.51. The number of aliphatic imine (C=N–C) groups is 1. The Kier molecular flexibility index (Phi) is 8.71. The topological polar surface area (TPSA) is 53.6 Å². The fourth-order valence-corrected chi connectivity index (χ4v) is 2.00. The van der Waals surface area contributed by atoms with Gasteiger partial charge in [0.1, 0.15) is 0 Å². The largest absolute Gasteiger partial charge is 0.401 e. The number of rotatable bonds is 5. The van der Waals surface area contributed by atoms with Crippen molar-refractivity contribution in [1.29, 1.82) is 0 Å². The molecule has 8 heteroatoms. The minimum absolute atomic E-state index is 0. The molecule has 0 amide bonds. The molecular weight excluding hydrogens is 372 g/mol. The van der Waals surface area contributed by atoms with Crippen molar-refractivity contribution in [2.75, 3.05) is 32.7 Å². The van der Waals surface area contributed by atoms with Crippen molar-refractivity contribution in [2.45, 2.75) is 25.9 Å². The highest BCUT2D eigenvalue weighted by atomic mass is 127. The molecule has 0 saturated carbocycles. The number of guanidine groups is 1. The number of nitrogens with two attached hydrogens (primary N) is 1. The molecule has 19 heavy (non-hydrogen) atoms. The molecule has 0 aliphatic carbocycles. The molecule has 0 aromatic heterocycles. The lowest BCUT2D eigenvalue weighted by molar-refractivity contribution is -0.143. The van der Waals surface area contributed by atoms with Crippen LogP contribution in [-0.4, -0.2) is 49.8 Å². The Hall–Kier alpha value is -0.250. The van der Waals surface area contributed by atoms with Crippen molar-refractivity contribution in [3.63, 3.8) is 0 Å². The van der Waals surface area contributed by atoms with Crippen molar-refractivity contribution < 1.29 is 13.2 Å². The molecule has 1 rings (SSSR count). The van der Waals surface area contributed by atoms with E-state index in [0.29, 0.717) is 25.6 Å². The molecule has 1 aliphatic heterocycles. The zero-order valence-electron chi connectivity index (χ0n) is 11.0. The summed E-state index contributed by atoms with van der Waals surface area (Å²) in [6, 6.07) is 0. The summed E-state index contributed by atoms with van der Waals surface area (Å²) < 4.78 is 36.6. The van der Waals surface area contributed by atoms with E-state index in [2.05, 4.69) is 10.3 Å². The molecule has 1 aliphatic rings. The summed E-state index contributed by atoms with van der Waals surface area (Å²) in [4.78, 5) is 5.58. The van der Waals surface area contributed by atoms with Crippen molar-refractivity contribution in [3.05, 3.63) is 0 Å². The second kappa shape index (κ2) is 8.83. The third-order valence-electron chi connectivity index (χ3n) is 2.85. The van der Waals surface area contributed by atoms with Gasteiger partial charge in [-0.15, -0.1) is 24.0 Å². The van der Waals surface area contributed by atoms with Gasteiger partial charge in [-0.25, -0.2) is 0 Å². The molecular formula is C11H22F3IN4.